The first kappa shape index (κ1) is 22.7. The van der Waals surface area contributed by atoms with Crippen molar-refractivity contribution in [2.75, 3.05) is 4.90 Å². The van der Waals surface area contributed by atoms with E-state index in [0.29, 0.717) is 28.0 Å². The quantitative estimate of drug-likeness (QED) is 0.175. The van der Waals surface area contributed by atoms with Gasteiger partial charge in [0.15, 0.2) is 0 Å². The van der Waals surface area contributed by atoms with Crippen LogP contribution in [0.5, 0.6) is 0 Å². The topological polar surface area (TPSA) is 16.4 Å². The molecule has 0 amide bonds. The smallest absolute Gasteiger partial charge is 0.143 e. The Labute approximate surface area is 313 Å². The largest absolute Gasteiger partial charge is 0.455 e. The van der Waals surface area contributed by atoms with Gasteiger partial charge in [-0.3, -0.25) is 0 Å². The number of rotatable bonds is 6. The Morgan fingerprint density at radius 1 is 0.385 bits per heavy atom. The molecular formula is C50H33NO. The van der Waals surface area contributed by atoms with E-state index in [-0.39, 0.29) is 46.7 Å². The van der Waals surface area contributed by atoms with Gasteiger partial charge in [0, 0.05) is 33.1 Å². The van der Waals surface area contributed by atoms with Gasteiger partial charge in [-0.2, -0.15) is 0 Å². The molecule has 10 rings (SSSR count). The van der Waals surface area contributed by atoms with E-state index in [4.69, 9.17) is 4.42 Å². The van der Waals surface area contributed by atoms with E-state index in [1.165, 1.54) is 4.90 Å². The number of para-hydroxylation sites is 1. The van der Waals surface area contributed by atoms with Gasteiger partial charge in [-0.1, -0.05) is 145 Å². The second-order valence-electron chi connectivity index (χ2n) is 12.7. The third-order valence-electron chi connectivity index (χ3n) is 9.59. The molecule has 244 valence electrons. The minimum absolute atomic E-state index is 0.108. The van der Waals surface area contributed by atoms with Crippen LogP contribution in [0, 0.1) is 0 Å². The maximum atomic E-state index is 9.60. The molecule has 1 aromatic heterocycles. The molecule has 0 unspecified atom stereocenters. The van der Waals surface area contributed by atoms with Crippen LogP contribution in [0.15, 0.2) is 204 Å². The van der Waals surface area contributed by atoms with Crippen molar-refractivity contribution in [3.8, 4) is 33.4 Å². The van der Waals surface area contributed by atoms with Gasteiger partial charge in [-0.05, 0) is 98.5 Å². The van der Waals surface area contributed by atoms with Crippen molar-refractivity contribution in [2.24, 2.45) is 0 Å². The summed E-state index contributed by atoms with van der Waals surface area (Å²) in [5.74, 6) is 0. The molecule has 0 saturated carbocycles. The first-order valence-corrected chi connectivity index (χ1v) is 17.1. The monoisotopic (exact) mass is 671 g/mol. The van der Waals surface area contributed by atoms with Crippen molar-refractivity contribution in [3.05, 3.63) is 200 Å². The molecule has 10 aromatic rings. The minimum Gasteiger partial charge on any atom is -0.455 e. The first-order valence-electron chi connectivity index (χ1n) is 21.1. The lowest BCUT2D eigenvalue weighted by molar-refractivity contribution is 0.672. The lowest BCUT2D eigenvalue weighted by Gasteiger charge is -2.28. The fraction of sp³-hybridized carbons (Fsp3) is 0. The fourth-order valence-electron chi connectivity index (χ4n) is 7.01. The van der Waals surface area contributed by atoms with Crippen LogP contribution in [-0.2, 0) is 0 Å². The number of fused-ring (bicyclic) bond motifs is 6. The van der Waals surface area contributed by atoms with Crippen LogP contribution in [0.3, 0.4) is 0 Å². The average Bonchev–Trinajstić information content (AvgIpc) is 3.66. The number of nitrogens with zero attached hydrogens (tertiary/aromatic N) is 1. The van der Waals surface area contributed by atoms with Crippen LogP contribution >= 0.6 is 0 Å². The molecular weight excluding hydrogens is 631 g/mol. The number of hydrogen-bond acceptors (Lipinski definition) is 2. The van der Waals surface area contributed by atoms with Crippen LogP contribution < -0.4 is 4.90 Å². The average molecular weight is 672 g/mol. The fourth-order valence-corrected chi connectivity index (χ4v) is 7.01. The second-order valence-corrected chi connectivity index (χ2v) is 12.7. The number of anilines is 3. The highest BCUT2D eigenvalue weighted by Gasteiger charge is 2.19. The van der Waals surface area contributed by atoms with Gasteiger partial charge in [0.1, 0.15) is 11.2 Å². The summed E-state index contributed by atoms with van der Waals surface area (Å²) in [6.45, 7) is 0. The molecule has 0 atom stereocenters. The van der Waals surface area contributed by atoms with Crippen molar-refractivity contribution < 1.29 is 15.4 Å². The summed E-state index contributed by atoms with van der Waals surface area (Å²) in [5, 5.41) is 5.65. The Kier molecular flexibility index (Phi) is 5.45. The number of furan rings is 1. The molecule has 2 heteroatoms. The van der Waals surface area contributed by atoms with Gasteiger partial charge in [0.25, 0.3) is 0 Å². The summed E-state index contributed by atoms with van der Waals surface area (Å²) in [6.07, 6.45) is 0. The highest BCUT2D eigenvalue weighted by Crippen LogP contribution is 2.43. The Hall–Kier alpha value is -6.90. The Morgan fingerprint density at radius 3 is 1.79 bits per heavy atom. The zero-order valence-corrected chi connectivity index (χ0v) is 27.8. The summed E-state index contributed by atoms with van der Waals surface area (Å²) in [7, 11) is 0. The van der Waals surface area contributed by atoms with Crippen LogP contribution in [0.25, 0.3) is 76.9 Å². The number of benzene rings is 9. The van der Waals surface area contributed by atoms with E-state index >= 15 is 0 Å². The van der Waals surface area contributed by atoms with Crippen molar-refractivity contribution in [2.45, 2.75) is 0 Å². The van der Waals surface area contributed by atoms with Crippen molar-refractivity contribution in [1.82, 2.24) is 0 Å². The summed E-state index contributed by atoms with van der Waals surface area (Å²) in [6, 6.07) is 44.3. The van der Waals surface area contributed by atoms with Crippen LogP contribution in [0.4, 0.5) is 17.1 Å². The van der Waals surface area contributed by atoms with E-state index in [0.717, 1.165) is 43.5 Å². The third kappa shape index (κ3) is 5.21. The number of hydrogen-bond donors (Lipinski definition) is 0. The minimum atomic E-state index is -0.402. The van der Waals surface area contributed by atoms with Crippen LogP contribution in [0.2, 0.25) is 0 Å². The van der Waals surface area contributed by atoms with Gasteiger partial charge in [0.2, 0.25) is 0 Å². The Balaban J connectivity index is 1.25. The summed E-state index contributed by atoms with van der Waals surface area (Å²) in [5.41, 5.74) is 3.89. The molecule has 0 aliphatic heterocycles. The van der Waals surface area contributed by atoms with Crippen LogP contribution in [0.1, 0.15) is 11.0 Å². The molecule has 0 spiro atoms. The lowest BCUT2D eigenvalue weighted by atomic mass is 9.98. The zero-order valence-electron chi connectivity index (χ0n) is 35.8. The molecule has 0 N–H and O–H groups in total. The Morgan fingerprint density at radius 2 is 1.00 bits per heavy atom. The van der Waals surface area contributed by atoms with Crippen molar-refractivity contribution >= 4 is 60.5 Å². The maximum absolute atomic E-state index is 9.60. The second kappa shape index (κ2) is 12.5. The highest BCUT2D eigenvalue weighted by molar-refractivity contribution is 6.15. The summed E-state index contributed by atoms with van der Waals surface area (Å²) >= 11 is 0. The van der Waals surface area contributed by atoms with Gasteiger partial charge in [-0.25, -0.2) is 0 Å². The molecule has 0 aliphatic carbocycles. The lowest BCUT2D eigenvalue weighted by Crippen LogP contribution is -2.11. The Bertz CT molecular complexity index is 3320. The van der Waals surface area contributed by atoms with Gasteiger partial charge in [-0.15, -0.1) is 0 Å². The van der Waals surface area contributed by atoms with Crippen molar-refractivity contribution in [1.29, 1.82) is 0 Å². The molecule has 9 aromatic carbocycles. The van der Waals surface area contributed by atoms with E-state index in [1.54, 1.807) is 42.5 Å². The molecule has 0 fully saturated rings. The van der Waals surface area contributed by atoms with E-state index < -0.39 is 24.2 Å². The highest BCUT2D eigenvalue weighted by atomic mass is 16.3. The van der Waals surface area contributed by atoms with Crippen molar-refractivity contribution in [3.63, 3.8) is 0 Å². The molecule has 0 bridgehead atoms. The summed E-state index contributed by atoms with van der Waals surface area (Å²) in [4.78, 5) is 1.38. The molecule has 1 heterocycles. The predicted octanol–water partition coefficient (Wildman–Crippen LogP) is 14.4. The van der Waals surface area contributed by atoms with Crippen LogP contribution in [-0.4, -0.2) is 0 Å². The maximum Gasteiger partial charge on any atom is 0.143 e. The first-order chi connectivity index (χ1) is 29.1. The predicted molar refractivity (Wildman–Crippen MR) is 220 cm³/mol. The van der Waals surface area contributed by atoms with Gasteiger partial charge < -0.3 is 9.32 Å². The zero-order chi connectivity index (χ0) is 41.4. The SMILES string of the molecule is [2H]c1c([2H])c(N(c2ccccc2-c2ccc3oc4c5ccccc5ccc4c3c2)c2c([2H])c([2H])c(-c3ccc4ccccc4c3)c([2H])c2[2H])c([2H])c([2H])c1-c1ccccc1. The standard InChI is InChI=1S/C50H33NO/c1-2-10-34(11-3-1)36-20-26-42(27-21-36)51(43-28-22-37(23-29-43)40-19-18-35-12-4-5-14-39(35)32-40)48-17-9-8-15-44(48)41-25-31-49-47(33-41)46-30-24-38-13-6-7-16-45(38)50(46)52-49/h1-33H/i20D,21D,22D,23D,26D,27D,28D,29D. The molecule has 52 heavy (non-hydrogen) atoms. The van der Waals surface area contributed by atoms with E-state index in [2.05, 4.69) is 6.07 Å². The molecule has 0 saturated heterocycles. The van der Waals surface area contributed by atoms with Gasteiger partial charge in [0.05, 0.1) is 16.7 Å². The normalized spacial score (nSPS) is 13.6. The molecule has 0 radical (unpaired) electrons. The molecule has 2 nitrogen and oxygen atoms in total. The molecule has 0 aliphatic rings. The van der Waals surface area contributed by atoms with E-state index in [9.17, 15) is 11.0 Å². The van der Waals surface area contributed by atoms with Gasteiger partial charge >= 0.3 is 0 Å². The van der Waals surface area contributed by atoms with E-state index in [1.807, 2.05) is 103 Å². The third-order valence-corrected chi connectivity index (χ3v) is 9.59. The summed E-state index contributed by atoms with van der Waals surface area (Å²) < 4.78 is 82.0.